The van der Waals surface area contributed by atoms with Crippen molar-refractivity contribution in [3.63, 3.8) is 0 Å². The highest BCUT2D eigenvalue weighted by Crippen LogP contribution is 2.07. The summed E-state index contributed by atoms with van der Waals surface area (Å²) in [5.74, 6) is -0.838. The Bertz CT molecular complexity index is 742. The van der Waals surface area contributed by atoms with Crippen molar-refractivity contribution >= 4 is 18.0 Å². The molecule has 0 saturated carbocycles. The van der Waals surface area contributed by atoms with E-state index in [1.54, 1.807) is 23.1 Å². The van der Waals surface area contributed by atoms with E-state index < -0.39 is 0 Å². The van der Waals surface area contributed by atoms with Crippen LogP contribution in [0.3, 0.4) is 0 Å². The van der Waals surface area contributed by atoms with Gasteiger partial charge in [-0.3, -0.25) is 9.59 Å². The van der Waals surface area contributed by atoms with Crippen molar-refractivity contribution in [1.82, 2.24) is 4.90 Å². The number of amides is 1. The number of hydrogen-bond acceptors (Lipinski definition) is 3. The van der Waals surface area contributed by atoms with Crippen LogP contribution in [0.15, 0.2) is 60.7 Å². The van der Waals surface area contributed by atoms with Crippen LogP contribution in [0.1, 0.15) is 17.5 Å². The van der Waals surface area contributed by atoms with E-state index in [1.165, 1.54) is 25.3 Å². The largest absolute Gasteiger partial charge is 0.469 e. The van der Waals surface area contributed by atoms with Gasteiger partial charge < -0.3 is 9.64 Å². The van der Waals surface area contributed by atoms with Crippen LogP contribution in [0.4, 0.5) is 4.39 Å². The Hall–Kier alpha value is -2.95. The lowest BCUT2D eigenvalue weighted by Crippen LogP contribution is -2.33. The molecule has 0 aromatic heterocycles. The van der Waals surface area contributed by atoms with E-state index in [9.17, 15) is 14.0 Å². The number of carbonyl (C=O) groups is 2. The molecule has 136 valence electrons. The van der Waals surface area contributed by atoms with Crippen LogP contribution < -0.4 is 0 Å². The van der Waals surface area contributed by atoms with Crippen molar-refractivity contribution in [3.05, 3.63) is 77.6 Å². The van der Waals surface area contributed by atoms with E-state index >= 15 is 0 Å². The van der Waals surface area contributed by atoms with Gasteiger partial charge in [-0.05, 0) is 35.8 Å². The molecule has 4 nitrogen and oxygen atoms in total. The second-order valence-corrected chi connectivity index (χ2v) is 5.77. The molecule has 2 rings (SSSR count). The Labute approximate surface area is 152 Å². The summed E-state index contributed by atoms with van der Waals surface area (Å²) in [6.45, 7) is 0.701. The molecule has 2 aromatic rings. The van der Waals surface area contributed by atoms with Gasteiger partial charge in [0.1, 0.15) is 5.82 Å². The van der Waals surface area contributed by atoms with Gasteiger partial charge in [-0.2, -0.15) is 0 Å². The van der Waals surface area contributed by atoms with Gasteiger partial charge in [0.05, 0.1) is 13.5 Å². The molecule has 0 radical (unpaired) electrons. The fourth-order valence-electron chi connectivity index (χ4n) is 2.41. The van der Waals surface area contributed by atoms with E-state index in [0.717, 1.165) is 11.1 Å². The fourth-order valence-corrected chi connectivity index (χ4v) is 2.41. The lowest BCUT2D eigenvalue weighted by Gasteiger charge is -2.21. The van der Waals surface area contributed by atoms with Crippen molar-refractivity contribution in [1.29, 1.82) is 0 Å². The molecule has 0 unspecified atom stereocenters. The van der Waals surface area contributed by atoms with Crippen molar-refractivity contribution in [2.24, 2.45) is 0 Å². The molecule has 0 saturated heterocycles. The molecule has 26 heavy (non-hydrogen) atoms. The Morgan fingerprint density at radius 2 is 1.73 bits per heavy atom. The molecule has 0 spiro atoms. The van der Waals surface area contributed by atoms with Gasteiger partial charge in [0.25, 0.3) is 0 Å². The monoisotopic (exact) mass is 355 g/mol. The zero-order chi connectivity index (χ0) is 18.8. The van der Waals surface area contributed by atoms with Gasteiger partial charge in [-0.15, -0.1) is 0 Å². The number of nitrogens with zero attached hydrogens (tertiary/aromatic N) is 1. The maximum atomic E-state index is 13.0. The normalized spacial score (nSPS) is 10.7. The van der Waals surface area contributed by atoms with Crippen molar-refractivity contribution in [2.45, 2.75) is 12.8 Å². The topological polar surface area (TPSA) is 46.6 Å². The Kier molecular flexibility index (Phi) is 7.55. The third-order valence-corrected chi connectivity index (χ3v) is 3.93. The minimum absolute atomic E-state index is 0.130. The molecule has 0 aliphatic heterocycles. The van der Waals surface area contributed by atoms with Crippen LogP contribution in [-0.4, -0.2) is 37.0 Å². The first kappa shape index (κ1) is 19.4. The first-order chi connectivity index (χ1) is 12.6. The number of esters is 1. The summed E-state index contributed by atoms with van der Waals surface area (Å²) in [5.41, 5.74) is 1.85. The highest BCUT2D eigenvalue weighted by atomic mass is 19.1. The predicted molar refractivity (Wildman–Crippen MR) is 98.8 cm³/mol. The minimum atomic E-state index is -0.364. The molecule has 0 aliphatic carbocycles. The lowest BCUT2D eigenvalue weighted by molar-refractivity contribution is -0.141. The quantitative estimate of drug-likeness (QED) is 0.538. The second-order valence-electron chi connectivity index (χ2n) is 5.77. The van der Waals surface area contributed by atoms with Gasteiger partial charge in [-0.25, -0.2) is 4.39 Å². The van der Waals surface area contributed by atoms with E-state index in [1.807, 2.05) is 30.3 Å². The molecular formula is C21H22FNO3. The molecular weight excluding hydrogens is 333 g/mol. The maximum Gasteiger partial charge on any atom is 0.307 e. The zero-order valence-electron chi connectivity index (χ0n) is 14.7. The summed E-state index contributed by atoms with van der Waals surface area (Å²) in [4.78, 5) is 25.5. The van der Waals surface area contributed by atoms with E-state index in [2.05, 4.69) is 4.74 Å². The van der Waals surface area contributed by atoms with Crippen LogP contribution in [0, 0.1) is 5.82 Å². The number of ether oxygens (including phenoxy) is 1. The summed E-state index contributed by atoms with van der Waals surface area (Å²) in [6, 6.07) is 15.7. The van der Waals surface area contributed by atoms with Gasteiger partial charge in [0.2, 0.25) is 5.91 Å². The molecule has 5 heteroatoms. The van der Waals surface area contributed by atoms with Crippen LogP contribution in [0.2, 0.25) is 0 Å². The Morgan fingerprint density at radius 3 is 2.38 bits per heavy atom. The molecule has 0 bridgehead atoms. The Balaban J connectivity index is 2.01. The molecule has 2 aromatic carbocycles. The number of methoxy groups -OCH3 is 1. The predicted octanol–water partition coefficient (Wildman–Crippen LogP) is 3.47. The van der Waals surface area contributed by atoms with Crippen LogP contribution in [0.5, 0.6) is 0 Å². The second kappa shape index (κ2) is 10.1. The third kappa shape index (κ3) is 6.51. The first-order valence-corrected chi connectivity index (χ1v) is 8.42. The zero-order valence-corrected chi connectivity index (χ0v) is 14.7. The maximum absolute atomic E-state index is 13.0. The average Bonchev–Trinajstić information content (AvgIpc) is 2.68. The molecule has 1 amide bonds. The van der Waals surface area contributed by atoms with Gasteiger partial charge in [0.15, 0.2) is 0 Å². The number of rotatable bonds is 8. The average molecular weight is 355 g/mol. The van der Waals surface area contributed by atoms with E-state index in [-0.39, 0.29) is 30.7 Å². The highest BCUT2D eigenvalue weighted by Gasteiger charge is 2.13. The van der Waals surface area contributed by atoms with E-state index in [4.69, 9.17) is 0 Å². The minimum Gasteiger partial charge on any atom is -0.469 e. The van der Waals surface area contributed by atoms with Gasteiger partial charge >= 0.3 is 5.97 Å². The third-order valence-electron chi connectivity index (χ3n) is 3.93. The Morgan fingerprint density at radius 1 is 1.04 bits per heavy atom. The van der Waals surface area contributed by atoms with Gasteiger partial charge in [-0.1, -0.05) is 42.5 Å². The van der Waals surface area contributed by atoms with Crippen LogP contribution in [-0.2, 0) is 20.7 Å². The molecule has 0 atom stereocenters. The summed E-state index contributed by atoms with van der Waals surface area (Å²) in [7, 11) is 1.32. The van der Waals surface area contributed by atoms with E-state index in [0.29, 0.717) is 13.0 Å². The smallest absolute Gasteiger partial charge is 0.307 e. The lowest BCUT2D eigenvalue weighted by atomic mass is 10.1. The highest BCUT2D eigenvalue weighted by molar-refractivity contribution is 5.92. The van der Waals surface area contributed by atoms with Crippen molar-refractivity contribution in [2.75, 3.05) is 20.2 Å². The molecule has 0 fully saturated rings. The summed E-state index contributed by atoms with van der Waals surface area (Å²) in [6.07, 6.45) is 3.94. The fraction of sp³-hybridized carbons (Fsp3) is 0.238. The van der Waals surface area contributed by atoms with Gasteiger partial charge in [0, 0.05) is 19.2 Å². The molecule has 0 aliphatic rings. The summed E-state index contributed by atoms with van der Waals surface area (Å²) < 4.78 is 17.6. The first-order valence-electron chi connectivity index (χ1n) is 8.42. The van der Waals surface area contributed by atoms with Crippen LogP contribution in [0.25, 0.3) is 6.08 Å². The number of hydrogen-bond donors (Lipinski definition) is 0. The number of benzene rings is 2. The van der Waals surface area contributed by atoms with Crippen molar-refractivity contribution < 1.29 is 18.7 Å². The summed E-state index contributed by atoms with van der Waals surface area (Å²) >= 11 is 0. The SMILES string of the molecule is COC(=O)CCN(CCc1ccc(F)cc1)C(=O)/C=C/c1ccccc1. The standard InChI is InChI=1S/C21H22FNO3/c1-26-21(25)14-16-23(15-13-18-7-10-19(22)11-8-18)20(24)12-9-17-5-3-2-4-6-17/h2-12H,13-16H2,1H3/b12-9+. The molecule has 0 heterocycles. The number of halogens is 1. The van der Waals surface area contributed by atoms with Crippen molar-refractivity contribution in [3.8, 4) is 0 Å². The number of carbonyl (C=O) groups excluding carboxylic acids is 2. The van der Waals surface area contributed by atoms with Crippen LogP contribution >= 0.6 is 0 Å². The summed E-state index contributed by atoms with van der Waals surface area (Å²) in [5, 5.41) is 0. The molecule has 0 N–H and O–H groups in total.